The molecule has 3 aromatic rings. The summed E-state index contributed by atoms with van der Waals surface area (Å²) < 4.78 is 0. The molecule has 0 bridgehead atoms. The fourth-order valence-corrected chi connectivity index (χ4v) is 4.02. The number of anilines is 1. The summed E-state index contributed by atoms with van der Waals surface area (Å²) >= 11 is 0. The van der Waals surface area contributed by atoms with E-state index in [1.165, 1.54) is 0 Å². The summed E-state index contributed by atoms with van der Waals surface area (Å²) in [5.41, 5.74) is 2.62. The number of hydrogen-bond donors (Lipinski definition) is 2. The van der Waals surface area contributed by atoms with E-state index in [4.69, 9.17) is 0 Å². The monoisotopic (exact) mass is 401 g/mol. The van der Waals surface area contributed by atoms with Gasteiger partial charge in [-0.1, -0.05) is 54.1 Å². The Morgan fingerprint density at radius 3 is 2.50 bits per heavy atom. The zero-order valence-electron chi connectivity index (χ0n) is 17.2. The first-order valence-electron chi connectivity index (χ1n) is 10.5. The van der Waals surface area contributed by atoms with Gasteiger partial charge >= 0.3 is 0 Å². The number of benzene rings is 3. The Labute approximate surface area is 177 Å². The van der Waals surface area contributed by atoms with Crippen molar-refractivity contribution in [2.75, 3.05) is 25.0 Å². The van der Waals surface area contributed by atoms with Crippen molar-refractivity contribution in [2.45, 2.75) is 25.8 Å². The summed E-state index contributed by atoms with van der Waals surface area (Å²) in [4.78, 5) is 27.2. The Bertz CT molecular complexity index is 1050. The minimum Gasteiger partial charge on any atom is -0.349 e. The Morgan fingerprint density at radius 1 is 0.967 bits per heavy atom. The van der Waals surface area contributed by atoms with Crippen LogP contribution in [0.3, 0.4) is 0 Å². The van der Waals surface area contributed by atoms with Crippen LogP contribution in [0, 0.1) is 6.92 Å². The van der Waals surface area contributed by atoms with Crippen molar-refractivity contribution in [1.29, 1.82) is 0 Å². The van der Waals surface area contributed by atoms with Gasteiger partial charge in [0.25, 0.3) is 5.91 Å². The van der Waals surface area contributed by atoms with E-state index in [1.807, 2.05) is 73.7 Å². The number of aryl methyl sites for hydroxylation is 1. The number of piperidine rings is 1. The molecule has 0 unspecified atom stereocenters. The highest BCUT2D eigenvalue weighted by molar-refractivity contribution is 6.02. The Balaban J connectivity index is 1.27. The molecule has 154 valence electrons. The van der Waals surface area contributed by atoms with Crippen LogP contribution >= 0.6 is 0 Å². The summed E-state index contributed by atoms with van der Waals surface area (Å²) in [5, 5.41) is 8.34. The molecule has 0 aliphatic carbocycles. The fourth-order valence-electron chi connectivity index (χ4n) is 4.02. The molecular weight excluding hydrogens is 374 g/mol. The Kier molecular flexibility index (Phi) is 6.10. The Morgan fingerprint density at radius 2 is 1.70 bits per heavy atom. The molecule has 0 saturated carbocycles. The number of nitrogens with zero attached hydrogens (tertiary/aromatic N) is 1. The molecule has 1 fully saturated rings. The van der Waals surface area contributed by atoms with E-state index in [0.29, 0.717) is 12.1 Å². The van der Waals surface area contributed by atoms with Crippen molar-refractivity contribution in [3.63, 3.8) is 0 Å². The molecule has 0 radical (unpaired) electrons. The SMILES string of the molecule is Cc1cccc(C(=O)NC2CCN(CC(=O)Nc3cccc4ccccc34)CC2)c1. The highest BCUT2D eigenvalue weighted by Gasteiger charge is 2.22. The van der Waals surface area contributed by atoms with E-state index in [9.17, 15) is 9.59 Å². The third-order valence-corrected chi connectivity index (χ3v) is 5.63. The van der Waals surface area contributed by atoms with Crippen LogP contribution in [0.4, 0.5) is 5.69 Å². The van der Waals surface area contributed by atoms with Crippen LogP contribution in [-0.4, -0.2) is 42.4 Å². The van der Waals surface area contributed by atoms with Gasteiger partial charge in [0, 0.05) is 35.8 Å². The van der Waals surface area contributed by atoms with Crippen LogP contribution in [0.1, 0.15) is 28.8 Å². The number of amides is 2. The van der Waals surface area contributed by atoms with E-state index < -0.39 is 0 Å². The zero-order valence-corrected chi connectivity index (χ0v) is 17.2. The minimum atomic E-state index is -0.0224. The summed E-state index contributed by atoms with van der Waals surface area (Å²) in [7, 11) is 0. The number of hydrogen-bond acceptors (Lipinski definition) is 3. The smallest absolute Gasteiger partial charge is 0.251 e. The standard InChI is InChI=1S/C25H27N3O2/c1-18-6-4-9-20(16-18)25(30)26-21-12-14-28(15-13-21)17-24(29)27-23-11-5-8-19-7-2-3-10-22(19)23/h2-11,16,21H,12-15,17H2,1H3,(H,26,30)(H,27,29). The predicted octanol–water partition coefficient (Wildman–Crippen LogP) is 3.98. The first kappa shape index (κ1) is 20.1. The maximum Gasteiger partial charge on any atom is 0.251 e. The lowest BCUT2D eigenvalue weighted by atomic mass is 10.0. The summed E-state index contributed by atoms with van der Waals surface area (Å²) in [5.74, 6) is -0.0283. The van der Waals surface area contributed by atoms with Gasteiger partial charge in [-0.25, -0.2) is 0 Å². The predicted molar refractivity (Wildman–Crippen MR) is 121 cm³/mol. The van der Waals surface area contributed by atoms with Crippen LogP contribution < -0.4 is 10.6 Å². The van der Waals surface area contributed by atoms with E-state index in [2.05, 4.69) is 15.5 Å². The molecule has 2 amide bonds. The van der Waals surface area contributed by atoms with Gasteiger partial charge in [0.1, 0.15) is 0 Å². The first-order valence-corrected chi connectivity index (χ1v) is 10.5. The molecule has 1 aliphatic rings. The molecule has 0 atom stereocenters. The van der Waals surface area contributed by atoms with E-state index in [-0.39, 0.29) is 17.9 Å². The van der Waals surface area contributed by atoms with Crippen molar-refractivity contribution in [3.05, 3.63) is 77.9 Å². The molecule has 0 aromatic heterocycles. The Hall–Kier alpha value is -3.18. The number of carbonyl (C=O) groups is 2. The maximum atomic E-state index is 12.6. The number of rotatable bonds is 5. The molecule has 5 nitrogen and oxygen atoms in total. The maximum absolute atomic E-state index is 12.6. The molecular formula is C25H27N3O2. The van der Waals surface area contributed by atoms with Crippen molar-refractivity contribution in [1.82, 2.24) is 10.2 Å². The van der Waals surface area contributed by atoms with Crippen molar-refractivity contribution < 1.29 is 9.59 Å². The highest BCUT2D eigenvalue weighted by Crippen LogP contribution is 2.23. The highest BCUT2D eigenvalue weighted by atomic mass is 16.2. The van der Waals surface area contributed by atoms with Gasteiger partial charge in [-0.05, 0) is 43.4 Å². The topological polar surface area (TPSA) is 61.4 Å². The van der Waals surface area contributed by atoms with Gasteiger partial charge in [-0.2, -0.15) is 0 Å². The minimum absolute atomic E-state index is 0.00593. The van der Waals surface area contributed by atoms with Gasteiger partial charge in [-0.3, -0.25) is 14.5 Å². The van der Waals surface area contributed by atoms with E-state index in [1.54, 1.807) is 0 Å². The fraction of sp³-hybridized carbons (Fsp3) is 0.280. The second-order valence-corrected chi connectivity index (χ2v) is 7.97. The average Bonchev–Trinajstić information content (AvgIpc) is 2.75. The zero-order chi connectivity index (χ0) is 20.9. The third-order valence-electron chi connectivity index (χ3n) is 5.63. The number of carbonyl (C=O) groups excluding carboxylic acids is 2. The summed E-state index contributed by atoms with van der Waals surface area (Å²) in [6.45, 7) is 3.93. The molecule has 3 aromatic carbocycles. The van der Waals surface area contributed by atoms with Gasteiger partial charge in [0.2, 0.25) is 5.91 Å². The van der Waals surface area contributed by atoms with Crippen LogP contribution in [-0.2, 0) is 4.79 Å². The number of nitrogens with one attached hydrogen (secondary N) is 2. The molecule has 1 heterocycles. The van der Waals surface area contributed by atoms with Crippen LogP contribution in [0.2, 0.25) is 0 Å². The second-order valence-electron chi connectivity index (χ2n) is 7.97. The number of likely N-dealkylation sites (tertiary alicyclic amines) is 1. The lowest BCUT2D eigenvalue weighted by Crippen LogP contribution is -2.46. The van der Waals surface area contributed by atoms with Gasteiger partial charge < -0.3 is 10.6 Å². The molecule has 1 aliphatic heterocycles. The normalized spacial score (nSPS) is 15.1. The molecule has 1 saturated heterocycles. The second kappa shape index (κ2) is 9.09. The van der Waals surface area contributed by atoms with Crippen molar-refractivity contribution in [2.24, 2.45) is 0 Å². The van der Waals surface area contributed by atoms with Gasteiger partial charge in [0.15, 0.2) is 0 Å². The summed E-state index contributed by atoms with van der Waals surface area (Å²) in [6.07, 6.45) is 1.69. The van der Waals surface area contributed by atoms with Crippen LogP contribution in [0.5, 0.6) is 0 Å². The van der Waals surface area contributed by atoms with Crippen molar-refractivity contribution >= 4 is 28.3 Å². The lowest BCUT2D eigenvalue weighted by molar-refractivity contribution is -0.117. The number of fused-ring (bicyclic) bond motifs is 1. The van der Waals surface area contributed by atoms with E-state index >= 15 is 0 Å². The van der Waals surface area contributed by atoms with Crippen molar-refractivity contribution in [3.8, 4) is 0 Å². The summed E-state index contributed by atoms with van der Waals surface area (Å²) in [6, 6.07) is 21.8. The quantitative estimate of drug-likeness (QED) is 0.680. The van der Waals surface area contributed by atoms with Gasteiger partial charge in [0.05, 0.1) is 6.54 Å². The first-order chi connectivity index (χ1) is 14.6. The molecule has 2 N–H and O–H groups in total. The third kappa shape index (κ3) is 4.86. The molecule has 5 heteroatoms. The average molecular weight is 402 g/mol. The lowest BCUT2D eigenvalue weighted by Gasteiger charge is -2.31. The molecule has 0 spiro atoms. The van der Waals surface area contributed by atoms with Crippen LogP contribution in [0.15, 0.2) is 66.7 Å². The van der Waals surface area contributed by atoms with E-state index in [0.717, 1.165) is 48.0 Å². The van der Waals surface area contributed by atoms with Gasteiger partial charge in [-0.15, -0.1) is 0 Å². The molecule has 30 heavy (non-hydrogen) atoms. The largest absolute Gasteiger partial charge is 0.349 e. The van der Waals surface area contributed by atoms with Crippen LogP contribution in [0.25, 0.3) is 10.8 Å². The molecule has 4 rings (SSSR count).